The van der Waals surface area contributed by atoms with Crippen LogP contribution in [0.2, 0.25) is 0 Å². The van der Waals surface area contributed by atoms with Gasteiger partial charge >= 0.3 is 0 Å². The van der Waals surface area contributed by atoms with Crippen LogP contribution in [0, 0.1) is 5.82 Å². The highest BCUT2D eigenvalue weighted by Gasteiger charge is 2.13. The first-order valence-corrected chi connectivity index (χ1v) is 7.71. The lowest BCUT2D eigenvalue weighted by Crippen LogP contribution is -2.08. The number of hydrogen-bond donors (Lipinski definition) is 1. The van der Waals surface area contributed by atoms with Crippen molar-refractivity contribution in [3.8, 4) is 5.75 Å². The lowest BCUT2D eigenvalue weighted by atomic mass is 10.2. The molecule has 0 radical (unpaired) electrons. The van der Waals surface area contributed by atoms with Crippen LogP contribution in [0.1, 0.15) is 25.2 Å². The molecule has 2 aromatic rings. The van der Waals surface area contributed by atoms with Gasteiger partial charge in [0, 0.05) is 18.3 Å². The van der Waals surface area contributed by atoms with Crippen LogP contribution in [0.4, 0.5) is 10.1 Å². The Morgan fingerprint density at radius 2 is 2.14 bits per heavy atom. The fourth-order valence-corrected chi connectivity index (χ4v) is 2.85. The Hall–Kier alpha value is -1.56. The highest BCUT2D eigenvalue weighted by atomic mass is 79.9. The molecule has 1 heterocycles. The number of halogens is 2. The fraction of sp³-hybridized carbons (Fsp3) is 0.400. The zero-order valence-electron chi connectivity index (χ0n) is 12.4. The highest BCUT2D eigenvalue weighted by Crippen LogP contribution is 2.25. The van der Waals surface area contributed by atoms with Gasteiger partial charge in [0.2, 0.25) is 0 Å². The Morgan fingerprint density at radius 1 is 1.38 bits per heavy atom. The molecule has 0 aliphatic rings. The van der Waals surface area contributed by atoms with E-state index in [2.05, 4.69) is 40.2 Å². The van der Waals surface area contributed by atoms with Crippen LogP contribution in [0.3, 0.4) is 0 Å². The number of ether oxygens (including phenoxy) is 1. The highest BCUT2D eigenvalue weighted by molar-refractivity contribution is 9.10. The van der Waals surface area contributed by atoms with Crippen LogP contribution in [-0.4, -0.2) is 16.9 Å². The molecule has 0 saturated heterocycles. The average molecular weight is 356 g/mol. The van der Waals surface area contributed by atoms with Crippen molar-refractivity contribution in [3.63, 3.8) is 0 Å². The lowest BCUT2D eigenvalue weighted by Gasteiger charge is -2.10. The van der Waals surface area contributed by atoms with Gasteiger partial charge in [-0.2, -0.15) is 5.10 Å². The third-order valence-corrected chi connectivity index (χ3v) is 4.22. The van der Waals surface area contributed by atoms with Gasteiger partial charge in [0.15, 0.2) is 11.6 Å². The molecule has 1 aromatic carbocycles. The number of rotatable bonds is 6. The number of hydrogen-bond acceptors (Lipinski definition) is 3. The average Bonchev–Trinajstić information content (AvgIpc) is 2.80. The normalized spacial score (nSPS) is 10.7. The number of benzene rings is 1. The zero-order valence-corrected chi connectivity index (χ0v) is 14.0. The van der Waals surface area contributed by atoms with Gasteiger partial charge in [-0.25, -0.2) is 4.39 Å². The molecule has 21 heavy (non-hydrogen) atoms. The third kappa shape index (κ3) is 3.37. The second kappa shape index (κ2) is 6.93. The van der Waals surface area contributed by atoms with Crippen LogP contribution in [0.25, 0.3) is 0 Å². The van der Waals surface area contributed by atoms with Crippen molar-refractivity contribution in [3.05, 3.63) is 39.9 Å². The fourth-order valence-electron chi connectivity index (χ4n) is 2.15. The predicted octanol–water partition coefficient (Wildman–Crippen LogP) is 3.99. The summed E-state index contributed by atoms with van der Waals surface area (Å²) in [5.41, 5.74) is 2.81. The Labute approximate surface area is 132 Å². The molecule has 0 saturated carbocycles. The summed E-state index contributed by atoms with van der Waals surface area (Å²) in [4.78, 5) is 0. The maximum atomic E-state index is 13.7. The SMILES string of the molecule is CCc1nn(CC)c(CNc2ccc(OC)c(F)c2)c1Br. The molecule has 1 N–H and O–H groups in total. The van der Waals surface area contributed by atoms with Crippen molar-refractivity contribution in [1.29, 1.82) is 0 Å². The first-order chi connectivity index (χ1) is 10.1. The molecule has 0 fully saturated rings. The van der Waals surface area contributed by atoms with E-state index in [9.17, 15) is 4.39 Å². The Morgan fingerprint density at radius 3 is 2.71 bits per heavy atom. The first kappa shape index (κ1) is 15.8. The monoisotopic (exact) mass is 355 g/mol. The third-order valence-electron chi connectivity index (χ3n) is 3.31. The summed E-state index contributed by atoms with van der Waals surface area (Å²) in [5, 5.41) is 7.76. The van der Waals surface area contributed by atoms with Gasteiger partial charge in [0.25, 0.3) is 0 Å². The molecule has 0 aliphatic carbocycles. The van der Waals surface area contributed by atoms with Crippen LogP contribution in [-0.2, 0) is 19.5 Å². The van der Waals surface area contributed by atoms with Crippen LogP contribution in [0.5, 0.6) is 5.75 Å². The summed E-state index contributed by atoms with van der Waals surface area (Å²) >= 11 is 3.60. The molecular formula is C15H19BrFN3O. The topological polar surface area (TPSA) is 39.1 Å². The molecule has 2 rings (SSSR count). The van der Waals surface area contributed by atoms with Crippen molar-refractivity contribution in [2.45, 2.75) is 33.4 Å². The van der Waals surface area contributed by atoms with Gasteiger partial charge in [-0.05, 0) is 41.4 Å². The Kier molecular flexibility index (Phi) is 5.22. The largest absolute Gasteiger partial charge is 0.494 e. The van der Waals surface area contributed by atoms with Gasteiger partial charge in [-0.1, -0.05) is 6.92 Å². The second-order valence-electron chi connectivity index (χ2n) is 4.58. The Bertz CT molecular complexity index is 628. The number of aryl methyl sites for hydroxylation is 2. The lowest BCUT2D eigenvalue weighted by molar-refractivity contribution is 0.386. The molecule has 0 amide bonds. The predicted molar refractivity (Wildman–Crippen MR) is 85.3 cm³/mol. The van der Waals surface area contributed by atoms with E-state index in [1.54, 1.807) is 12.1 Å². The van der Waals surface area contributed by atoms with Gasteiger partial charge < -0.3 is 10.1 Å². The minimum Gasteiger partial charge on any atom is -0.494 e. The van der Waals surface area contributed by atoms with Crippen LogP contribution in [0.15, 0.2) is 22.7 Å². The minimum absolute atomic E-state index is 0.244. The molecule has 0 spiro atoms. The number of anilines is 1. The van der Waals surface area contributed by atoms with Crippen molar-refractivity contribution >= 4 is 21.6 Å². The van der Waals surface area contributed by atoms with E-state index in [0.29, 0.717) is 12.2 Å². The summed E-state index contributed by atoms with van der Waals surface area (Å²) < 4.78 is 21.6. The van der Waals surface area contributed by atoms with Gasteiger partial charge in [-0.3, -0.25) is 4.68 Å². The molecule has 114 valence electrons. The number of nitrogens with one attached hydrogen (secondary N) is 1. The quantitative estimate of drug-likeness (QED) is 0.851. The standard InChI is InChI=1S/C15H19BrFN3O/c1-4-12-15(16)13(20(5-2)19-12)9-18-10-6-7-14(21-3)11(17)8-10/h6-8,18H,4-5,9H2,1-3H3. The van der Waals surface area contributed by atoms with E-state index < -0.39 is 0 Å². The summed E-state index contributed by atoms with van der Waals surface area (Å²) in [6.07, 6.45) is 0.873. The molecule has 4 nitrogen and oxygen atoms in total. The van der Waals surface area contributed by atoms with E-state index in [-0.39, 0.29) is 11.6 Å². The van der Waals surface area contributed by atoms with E-state index in [1.807, 2.05) is 4.68 Å². The van der Waals surface area contributed by atoms with Gasteiger partial charge in [0.1, 0.15) is 0 Å². The molecule has 0 unspecified atom stereocenters. The maximum absolute atomic E-state index is 13.7. The summed E-state index contributed by atoms with van der Waals surface area (Å²) in [7, 11) is 1.45. The van der Waals surface area contributed by atoms with Crippen molar-refractivity contribution < 1.29 is 9.13 Å². The van der Waals surface area contributed by atoms with Crippen molar-refractivity contribution in [1.82, 2.24) is 9.78 Å². The molecule has 0 aliphatic heterocycles. The molecule has 6 heteroatoms. The van der Waals surface area contributed by atoms with Crippen LogP contribution >= 0.6 is 15.9 Å². The summed E-state index contributed by atoms with van der Waals surface area (Å²) in [6, 6.07) is 4.84. The number of aromatic nitrogens is 2. The van der Waals surface area contributed by atoms with E-state index in [4.69, 9.17) is 4.74 Å². The van der Waals surface area contributed by atoms with E-state index in [1.165, 1.54) is 13.2 Å². The maximum Gasteiger partial charge on any atom is 0.167 e. The smallest absolute Gasteiger partial charge is 0.167 e. The number of nitrogens with zero attached hydrogens (tertiary/aromatic N) is 2. The molecule has 0 bridgehead atoms. The van der Waals surface area contributed by atoms with E-state index in [0.717, 1.165) is 28.8 Å². The van der Waals surface area contributed by atoms with Gasteiger partial charge in [-0.15, -0.1) is 0 Å². The van der Waals surface area contributed by atoms with Crippen molar-refractivity contribution in [2.24, 2.45) is 0 Å². The summed E-state index contributed by atoms with van der Waals surface area (Å²) in [5.74, 6) is -0.131. The van der Waals surface area contributed by atoms with Crippen LogP contribution < -0.4 is 10.1 Å². The minimum atomic E-state index is -0.375. The second-order valence-corrected chi connectivity index (χ2v) is 5.37. The Balaban J connectivity index is 2.16. The van der Waals surface area contributed by atoms with E-state index >= 15 is 0 Å². The molecule has 1 aromatic heterocycles. The molecular weight excluding hydrogens is 337 g/mol. The summed E-state index contributed by atoms with van der Waals surface area (Å²) in [6.45, 7) is 5.50. The molecule has 0 atom stereocenters. The first-order valence-electron chi connectivity index (χ1n) is 6.92. The van der Waals surface area contributed by atoms with Crippen molar-refractivity contribution in [2.75, 3.05) is 12.4 Å². The van der Waals surface area contributed by atoms with Gasteiger partial charge in [0.05, 0.1) is 29.5 Å². The zero-order chi connectivity index (χ0) is 15.4. The number of methoxy groups -OCH3 is 1.